The third kappa shape index (κ3) is 7.48. The van der Waals surface area contributed by atoms with Crippen LogP contribution in [0.5, 0.6) is 0 Å². The highest BCUT2D eigenvalue weighted by Crippen LogP contribution is 2.43. The minimum atomic E-state index is -1.90. The average Bonchev–Trinajstić information content (AvgIpc) is 2.94. The van der Waals surface area contributed by atoms with E-state index in [1.54, 1.807) is 16.8 Å². The molecule has 2 unspecified atom stereocenters. The lowest BCUT2D eigenvalue weighted by Crippen LogP contribution is -2.65. The Morgan fingerprint density at radius 1 is 1.00 bits per heavy atom. The molecule has 2 heterocycles. The lowest BCUT2D eigenvalue weighted by atomic mass is 9.81. The molecule has 2 bridgehead atoms. The van der Waals surface area contributed by atoms with E-state index in [2.05, 4.69) is 0 Å². The maximum atomic E-state index is 14.4. The van der Waals surface area contributed by atoms with Crippen molar-refractivity contribution >= 4 is 58.3 Å². The second-order valence-corrected chi connectivity index (χ2v) is 13.9. The van der Waals surface area contributed by atoms with Crippen molar-refractivity contribution in [3.8, 4) is 0 Å². The smallest absolute Gasteiger partial charge is 0.411 e. The van der Waals surface area contributed by atoms with Gasteiger partial charge in [-0.15, -0.1) is 0 Å². The summed E-state index contributed by atoms with van der Waals surface area (Å²) in [4.78, 5) is 45.7. The molecule has 0 aliphatic carbocycles. The summed E-state index contributed by atoms with van der Waals surface area (Å²) in [6.07, 6.45) is 0.699. The Bertz CT molecular complexity index is 1380. The van der Waals surface area contributed by atoms with Crippen molar-refractivity contribution in [2.45, 2.75) is 61.5 Å². The Balaban J connectivity index is 1.80. The standard InChI is InChI=1S/C32H38Cl3N3O5/c1-21(40)37-19-25-18-26(24-12-8-11-23(17-24)14-16-39)28(29(41)36(4)15-13-22-9-6-5-7-10-22)27(20-37)38(25)30(42)43-31(2,3)32(33,34)35/h5-12,17,25,27,39H,13-16,18-20H2,1-4H3. The summed E-state index contributed by atoms with van der Waals surface area (Å²) in [7, 11) is 1.74. The lowest BCUT2D eigenvalue weighted by molar-refractivity contribution is -0.135. The number of ether oxygens (including phenoxy) is 1. The Morgan fingerprint density at radius 3 is 2.30 bits per heavy atom. The Hall–Kier alpha value is -2.78. The number of aliphatic hydroxyl groups is 1. The van der Waals surface area contributed by atoms with Gasteiger partial charge in [0.2, 0.25) is 9.70 Å². The first kappa shape index (κ1) is 33.1. The van der Waals surface area contributed by atoms with E-state index in [1.165, 1.54) is 25.7 Å². The van der Waals surface area contributed by atoms with Crippen LogP contribution in [0.4, 0.5) is 4.79 Å². The number of amides is 3. The number of likely N-dealkylation sites (N-methyl/N-ethyl adjacent to an activating group) is 1. The molecule has 3 amide bonds. The number of carbonyl (C=O) groups is 3. The third-order valence-electron chi connectivity index (χ3n) is 8.16. The van der Waals surface area contributed by atoms with Crippen LogP contribution in [0.25, 0.3) is 5.57 Å². The molecule has 11 heteroatoms. The second-order valence-electron chi connectivity index (χ2n) is 11.6. The highest BCUT2D eigenvalue weighted by Gasteiger charge is 2.51. The number of alkyl halides is 3. The number of benzene rings is 2. The van der Waals surface area contributed by atoms with Gasteiger partial charge in [0, 0.05) is 45.8 Å². The van der Waals surface area contributed by atoms with Crippen LogP contribution in [0.2, 0.25) is 0 Å². The molecular weight excluding hydrogens is 613 g/mol. The van der Waals surface area contributed by atoms with Crippen LogP contribution >= 0.6 is 34.8 Å². The zero-order valence-corrected chi connectivity index (χ0v) is 27.1. The molecule has 0 spiro atoms. The SMILES string of the molecule is CC(=O)N1CC2CC(c3cccc(CCO)c3)=C(C(=O)N(C)CCc3ccccc3)C(C1)N2C(=O)OC(C)(C)C(Cl)(Cl)Cl. The first-order valence-corrected chi connectivity index (χ1v) is 15.4. The maximum Gasteiger partial charge on any atom is 0.411 e. The van der Waals surface area contributed by atoms with Crippen molar-refractivity contribution < 1.29 is 24.2 Å². The van der Waals surface area contributed by atoms with Gasteiger partial charge >= 0.3 is 6.09 Å². The average molecular weight is 651 g/mol. The van der Waals surface area contributed by atoms with E-state index in [1.807, 2.05) is 54.6 Å². The van der Waals surface area contributed by atoms with E-state index < -0.39 is 27.6 Å². The van der Waals surface area contributed by atoms with Gasteiger partial charge in [-0.05, 0) is 55.4 Å². The zero-order chi connectivity index (χ0) is 31.5. The highest BCUT2D eigenvalue weighted by molar-refractivity contribution is 6.68. The summed E-state index contributed by atoms with van der Waals surface area (Å²) in [5, 5.41) is 9.55. The van der Waals surface area contributed by atoms with Crippen LogP contribution in [0.3, 0.4) is 0 Å². The summed E-state index contributed by atoms with van der Waals surface area (Å²) >= 11 is 18.4. The molecular formula is C32H38Cl3N3O5. The molecule has 2 aliphatic rings. The van der Waals surface area contributed by atoms with E-state index >= 15 is 0 Å². The summed E-state index contributed by atoms with van der Waals surface area (Å²) in [5.74, 6) is -0.395. The molecule has 1 N–H and O–H groups in total. The van der Waals surface area contributed by atoms with Crippen molar-refractivity contribution in [1.82, 2.24) is 14.7 Å². The van der Waals surface area contributed by atoms with Gasteiger partial charge in [0.1, 0.15) is 0 Å². The van der Waals surface area contributed by atoms with Crippen molar-refractivity contribution in [2.24, 2.45) is 0 Å². The summed E-state index contributed by atoms with van der Waals surface area (Å²) in [6, 6.07) is 16.3. The van der Waals surface area contributed by atoms with Crippen LogP contribution in [0.1, 0.15) is 43.9 Å². The Morgan fingerprint density at radius 2 is 1.67 bits per heavy atom. The molecule has 43 heavy (non-hydrogen) atoms. The molecule has 232 valence electrons. The van der Waals surface area contributed by atoms with Gasteiger partial charge in [-0.1, -0.05) is 89.4 Å². The summed E-state index contributed by atoms with van der Waals surface area (Å²) in [6.45, 7) is 5.32. The fraction of sp³-hybridized carbons (Fsp3) is 0.469. The minimum Gasteiger partial charge on any atom is -0.439 e. The van der Waals surface area contributed by atoms with Gasteiger partial charge in [0.15, 0.2) is 5.60 Å². The number of aliphatic hydroxyl groups excluding tert-OH is 1. The summed E-state index contributed by atoms with van der Waals surface area (Å²) < 4.78 is 3.87. The van der Waals surface area contributed by atoms with Crippen LogP contribution in [-0.4, -0.2) is 92.5 Å². The van der Waals surface area contributed by atoms with Crippen molar-refractivity contribution in [2.75, 3.05) is 33.3 Å². The number of fused-ring (bicyclic) bond motifs is 2. The lowest BCUT2D eigenvalue weighted by Gasteiger charge is -2.51. The van der Waals surface area contributed by atoms with Gasteiger partial charge in [0.05, 0.1) is 12.1 Å². The van der Waals surface area contributed by atoms with Crippen molar-refractivity contribution in [3.63, 3.8) is 0 Å². The number of hydrogen-bond acceptors (Lipinski definition) is 5. The number of nitrogens with zero attached hydrogens (tertiary/aromatic N) is 3. The normalized spacial score (nSPS) is 18.9. The first-order chi connectivity index (χ1) is 20.2. The number of hydrogen-bond donors (Lipinski definition) is 1. The molecule has 1 fully saturated rings. The topological polar surface area (TPSA) is 90.4 Å². The molecule has 0 saturated carbocycles. The molecule has 0 radical (unpaired) electrons. The maximum absolute atomic E-state index is 14.4. The van der Waals surface area contributed by atoms with Crippen LogP contribution in [0.15, 0.2) is 60.2 Å². The van der Waals surface area contributed by atoms with Crippen LogP contribution in [0, 0.1) is 0 Å². The number of rotatable bonds is 8. The molecule has 2 atom stereocenters. The van der Waals surface area contributed by atoms with E-state index in [-0.39, 0.29) is 31.5 Å². The second kappa shape index (κ2) is 13.5. The molecule has 2 aromatic carbocycles. The molecule has 0 aromatic heterocycles. The molecule has 1 saturated heterocycles. The number of piperazine rings is 1. The molecule has 2 aromatic rings. The van der Waals surface area contributed by atoms with E-state index in [0.29, 0.717) is 31.4 Å². The first-order valence-electron chi connectivity index (χ1n) is 14.3. The van der Waals surface area contributed by atoms with Gasteiger partial charge in [0.25, 0.3) is 5.91 Å². The zero-order valence-electron chi connectivity index (χ0n) is 24.9. The van der Waals surface area contributed by atoms with E-state index in [9.17, 15) is 19.5 Å². The third-order valence-corrected chi connectivity index (χ3v) is 9.53. The fourth-order valence-electron chi connectivity index (χ4n) is 5.61. The van der Waals surface area contributed by atoms with Gasteiger partial charge in [-0.2, -0.15) is 0 Å². The van der Waals surface area contributed by atoms with Gasteiger partial charge in [-0.3, -0.25) is 14.5 Å². The van der Waals surface area contributed by atoms with E-state index in [4.69, 9.17) is 39.5 Å². The van der Waals surface area contributed by atoms with Gasteiger partial charge < -0.3 is 19.6 Å². The van der Waals surface area contributed by atoms with Gasteiger partial charge in [-0.25, -0.2) is 4.79 Å². The van der Waals surface area contributed by atoms with Crippen molar-refractivity contribution in [1.29, 1.82) is 0 Å². The molecule has 4 rings (SSSR count). The van der Waals surface area contributed by atoms with E-state index in [0.717, 1.165) is 22.3 Å². The predicted octanol–water partition coefficient (Wildman–Crippen LogP) is 5.27. The van der Waals surface area contributed by atoms with Crippen LogP contribution < -0.4 is 0 Å². The highest BCUT2D eigenvalue weighted by atomic mass is 35.6. The van der Waals surface area contributed by atoms with Crippen molar-refractivity contribution in [3.05, 3.63) is 76.9 Å². The quantitative estimate of drug-likeness (QED) is 0.394. The molecule has 8 nitrogen and oxygen atoms in total. The Labute approximate surface area is 268 Å². The predicted molar refractivity (Wildman–Crippen MR) is 169 cm³/mol. The summed E-state index contributed by atoms with van der Waals surface area (Å²) in [5.41, 5.74) is 2.62. The monoisotopic (exact) mass is 649 g/mol. The van der Waals surface area contributed by atoms with Crippen LogP contribution in [-0.2, 0) is 27.2 Å². The number of halogens is 3. The largest absolute Gasteiger partial charge is 0.439 e. The fourth-order valence-corrected chi connectivity index (χ4v) is 5.72. The Kier molecular flexibility index (Phi) is 10.4. The number of carbonyl (C=O) groups excluding carboxylic acids is 3. The minimum absolute atomic E-state index is 0.00601. The molecule has 2 aliphatic heterocycles.